The molecule has 9 nitrogen and oxygen atoms in total. The highest BCUT2D eigenvalue weighted by Crippen LogP contribution is 2.43. The van der Waals surface area contributed by atoms with E-state index in [0.717, 1.165) is 38.5 Å². The molecule has 10 heteroatoms. The van der Waals surface area contributed by atoms with Crippen molar-refractivity contribution in [1.29, 1.82) is 0 Å². The molecule has 3 N–H and O–H groups in total. The lowest BCUT2D eigenvalue weighted by Crippen LogP contribution is -2.29. The normalized spacial score (nSPS) is 13.5. The molecule has 0 heterocycles. The molecule has 0 rings (SSSR count). The molecule has 2 atom stereocenters. The van der Waals surface area contributed by atoms with Crippen LogP contribution in [0.4, 0.5) is 0 Å². The van der Waals surface area contributed by atoms with Crippen LogP contribution >= 0.6 is 7.82 Å². The first kappa shape index (κ1) is 52.5. The van der Waals surface area contributed by atoms with Gasteiger partial charge in [-0.3, -0.25) is 18.6 Å². The van der Waals surface area contributed by atoms with Gasteiger partial charge in [0.2, 0.25) is 0 Å². The number of hydrogen-bond donors (Lipinski definition) is 2. The van der Waals surface area contributed by atoms with Crippen LogP contribution in [0.15, 0.2) is 24.3 Å². The molecular weight excluding hydrogens is 701 g/mol. The minimum atomic E-state index is -4.37. The number of allylic oxidation sites excluding steroid dienone is 4. The summed E-state index contributed by atoms with van der Waals surface area (Å²) in [4.78, 5) is 34.9. The summed E-state index contributed by atoms with van der Waals surface area (Å²) in [6.07, 6.45) is 43.4. The first-order valence-corrected chi connectivity index (χ1v) is 23.8. The van der Waals surface area contributed by atoms with Crippen LogP contribution in [0.5, 0.6) is 0 Å². The monoisotopic (exact) mass is 786 g/mol. The predicted molar refractivity (Wildman–Crippen MR) is 224 cm³/mol. The smallest absolute Gasteiger partial charge is 0.462 e. The molecule has 318 valence electrons. The van der Waals surface area contributed by atoms with E-state index in [1.165, 1.54) is 141 Å². The number of unbranched alkanes of at least 4 members (excludes halogenated alkanes) is 25. The van der Waals surface area contributed by atoms with E-state index in [9.17, 15) is 19.0 Å². The molecule has 54 heavy (non-hydrogen) atoms. The quantitative estimate of drug-likeness (QED) is 0.0268. The number of phosphoric acid groups is 1. The van der Waals surface area contributed by atoms with Gasteiger partial charge in [-0.25, -0.2) is 4.57 Å². The lowest BCUT2D eigenvalue weighted by molar-refractivity contribution is -0.161. The number of rotatable bonds is 42. The van der Waals surface area contributed by atoms with Gasteiger partial charge in [0.15, 0.2) is 6.10 Å². The maximum atomic E-state index is 12.6. The van der Waals surface area contributed by atoms with Crippen molar-refractivity contribution < 1.29 is 37.6 Å². The van der Waals surface area contributed by atoms with E-state index in [2.05, 4.69) is 38.2 Å². The van der Waals surface area contributed by atoms with Gasteiger partial charge in [0, 0.05) is 19.4 Å². The zero-order chi connectivity index (χ0) is 39.6. The molecule has 0 saturated carbocycles. The fourth-order valence-electron chi connectivity index (χ4n) is 6.25. The molecular formula is C44H84NO8P. The first-order valence-electron chi connectivity index (χ1n) is 22.3. The summed E-state index contributed by atoms with van der Waals surface area (Å²) in [5, 5.41) is 0. The molecule has 0 fully saturated rings. The van der Waals surface area contributed by atoms with Gasteiger partial charge >= 0.3 is 19.8 Å². The maximum Gasteiger partial charge on any atom is 0.472 e. The zero-order valence-corrected chi connectivity index (χ0v) is 35.9. The fraction of sp³-hybridized carbons (Fsp3) is 0.864. The summed E-state index contributed by atoms with van der Waals surface area (Å²) in [5.41, 5.74) is 5.35. The van der Waals surface area contributed by atoms with Gasteiger partial charge in [-0.05, 0) is 44.9 Å². The Morgan fingerprint density at radius 2 is 0.963 bits per heavy atom. The summed E-state index contributed by atoms with van der Waals surface area (Å²) in [5.74, 6) is -0.825. The van der Waals surface area contributed by atoms with Crippen molar-refractivity contribution in [2.45, 2.75) is 219 Å². The second-order valence-electron chi connectivity index (χ2n) is 14.9. The number of carbonyl (C=O) groups is 2. The molecule has 0 aliphatic carbocycles. The topological polar surface area (TPSA) is 134 Å². The average Bonchev–Trinajstić information content (AvgIpc) is 3.16. The fourth-order valence-corrected chi connectivity index (χ4v) is 7.02. The molecule has 0 aromatic carbocycles. The highest BCUT2D eigenvalue weighted by molar-refractivity contribution is 7.47. The largest absolute Gasteiger partial charge is 0.472 e. The molecule has 0 aromatic heterocycles. The Morgan fingerprint density at radius 1 is 0.556 bits per heavy atom. The van der Waals surface area contributed by atoms with Crippen molar-refractivity contribution in [3.8, 4) is 0 Å². The molecule has 0 aromatic rings. The molecule has 0 radical (unpaired) electrons. The third-order valence-corrected chi connectivity index (χ3v) is 10.6. The molecule has 1 unspecified atom stereocenters. The summed E-state index contributed by atoms with van der Waals surface area (Å²) in [6.45, 7) is 3.72. The summed E-state index contributed by atoms with van der Waals surface area (Å²) < 4.78 is 32.8. The average molecular weight is 786 g/mol. The third-order valence-electron chi connectivity index (χ3n) is 9.59. The van der Waals surface area contributed by atoms with Crippen molar-refractivity contribution in [3.05, 3.63) is 24.3 Å². The molecule has 0 bridgehead atoms. The van der Waals surface area contributed by atoms with Crippen LogP contribution in [0, 0.1) is 0 Å². The standard InChI is InChI=1S/C44H84NO8P/c1-3-5-7-9-11-13-15-17-19-20-21-22-23-25-26-28-30-32-34-36-43(46)50-40-42(41-52-54(48,49)51-39-38-45)53-44(47)37-35-33-31-29-27-24-18-16-14-12-10-8-6-4-2/h11,13,17,19,42H,3-10,12,14-16,18,20-41,45H2,1-2H3,(H,48,49)/b13-11+,19-17+/t42-/m0/s1. The Kier molecular flexibility index (Phi) is 40.0. The molecule has 0 saturated heterocycles. The first-order chi connectivity index (χ1) is 26.3. The second-order valence-corrected chi connectivity index (χ2v) is 16.4. The summed E-state index contributed by atoms with van der Waals surface area (Å²) >= 11 is 0. The van der Waals surface area contributed by atoms with Gasteiger partial charge in [0.25, 0.3) is 0 Å². The van der Waals surface area contributed by atoms with Crippen molar-refractivity contribution in [2.75, 3.05) is 26.4 Å². The number of esters is 2. The predicted octanol–water partition coefficient (Wildman–Crippen LogP) is 12.8. The van der Waals surface area contributed by atoms with Crippen molar-refractivity contribution >= 4 is 19.8 Å². The Balaban J connectivity index is 4.10. The van der Waals surface area contributed by atoms with Crippen LogP contribution in [0.1, 0.15) is 213 Å². The second kappa shape index (κ2) is 41.1. The lowest BCUT2D eigenvalue weighted by atomic mass is 10.0. The van der Waals surface area contributed by atoms with Crippen LogP contribution in [0.3, 0.4) is 0 Å². The lowest BCUT2D eigenvalue weighted by Gasteiger charge is -2.19. The number of ether oxygens (including phenoxy) is 2. The maximum absolute atomic E-state index is 12.6. The zero-order valence-electron chi connectivity index (χ0n) is 35.0. The molecule has 0 aliphatic heterocycles. The van der Waals surface area contributed by atoms with E-state index in [1.54, 1.807) is 0 Å². The summed E-state index contributed by atoms with van der Waals surface area (Å²) in [6, 6.07) is 0. The van der Waals surface area contributed by atoms with E-state index in [1.807, 2.05) is 0 Å². The Hall–Kier alpha value is -1.51. The number of hydrogen-bond acceptors (Lipinski definition) is 8. The van der Waals surface area contributed by atoms with E-state index in [0.29, 0.717) is 6.42 Å². The van der Waals surface area contributed by atoms with Crippen LogP contribution in [0.2, 0.25) is 0 Å². The van der Waals surface area contributed by atoms with Gasteiger partial charge in [0.05, 0.1) is 13.2 Å². The third kappa shape index (κ3) is 40.2. The molecule has 0 amide bonds. The van der Waals surface area contributed by atoms with Crippen LogP contribution in [-0.4, -0.2) is 49.3 Å². The highest BCUT2D eigenvalue weighted by Gasteiger charge is 2.26. The van der Waals surface area contributed by atoms with E-state index >= 15 is 0 Å². The molecule has 0 spiro atoms. The molecule has 0 aliphatic rings. The van der Waals surface area contributed by atoms with Crippen molar-refractivity contribution in [1.82, 2.24) is 0 Å². The van der Waals surface area contributed by atoms with Gasteiger partial charge in [0.1, 0.15) is 6.61 Å². The van der Waals surface area contributed by atoms with Crippen LogP contribution in [0.25, 0.3) is 0 Å². The van der Waals surface area contributed by atoms with Crippen molar-refractivity contribution in [2.24, 2.45) is 5.73 Å². The Morgan fingerprint density at radius 3 is 1.44 bits per heavy atom. The van der Waals surface area contributed by atoms with Gasteiger partial charge < -0.3 is 20.1 Å². The van der Waals surface area contributed by atoms with Gasteiger partial charge in [-0.2, -0.15) is 0 Å². The van der Waals surface area contributed by atoms with Crippen molar-refractivity contribution in [3.63, 3.8) is 0 Å². The summed E-state index contributed by atoms with van der Waals surface area (Å²) in [7, 11) is -4.37. The van der Waals surface area contributed by atoms with Crippen LogP contribution in [-0.2, 0) is 32.7 Å². The van der Waals surface area contributed by atoms with Crippen LogP contribution < -0.4 is 5.73 Å². The van der Waals surface area contributed by atoms with E-state index < -0.39 is 26.5 Å². The Bertz CT molecular complexity index is 944. The number of phosphoric ester groups is 1. The van der Waals surface area contributed by atoms with E-state index in [4.69, 9.17) is 24.3 Å². The van der Waals surface area contributed by atoms with E-state index in [-0.39, 0.29) is 38.6 Å². The Labute approximate surface area is 332 Å². The van der Waals surface area contributed by atoms with Gasteiger partial charge in [-0.1, -0.05) is 179 Å². The number of carbonyl (C=O) groups excluding carboxylic acids is 2. The SMILES string of the molecule is CCCCC/C=C/C/C=C/CCCCCCCCCCCC(=O)OC[C@@H](COP(=O)(O)OCCN)OC(=O)CCCCCCCCCCCCCCCC. The minimum absolute atomic E-state index is 0.0546. The highest BCUT2D eigenvalue weighted by atomic mass is 31.2. The number of nitrogens with two attached hydrogens (primary N) is 1. The van der Waals surface area contributed by atoms with Gasteiger partial charge in [-0.15, -0.1) is 0 Å². The minimum Gasteiger partial charge on any atom is -0.462 e.